The van der Waals surface area contributed by atoms with E-state index in [-0.39, 0.29) is 0 Å². The molecule has 708 valence electrons. The van der Waals surface area contributed by atoms with Crippen molar-refractivity contribution in [1.29, 1.82) is 0 Å². The largest absolute Gasteiger partial charge is 0.427 e. The van der Waals surface area contributed by atoms with E-state index in [9.17, 15) is 0 Å². The molecule has 20 bridgehead atoms. The molecular formula is C100H94N18O8P8S6. The highest BCUT2D eigenvalue weighted by Gasteiger charge is 2.41. The molecule has 0 aliphatic carbocycles. The summed E-state index contributed by atoms with van der Waals surface area (Å²) in [5.41, 5.74) is 5.48. The van der Waals surface area contributed by atoms with Crippen LogP contribution < -0.4 is 68.0 Å². The Hall–Kier alpha value is -12.4. The van der Waals surface area contributed by atoms with Gasteiger partial charge in [0.1, 0.15) is 46.0 Å². The summed E-state index contributed by atoms with van der Waals surface area (Å²) in [7, 11) is 6.49. The molecular weight excluding hydrogens is 2020 g/mol. The number of hydrogen-bond acceptors (Lipinski definition) is 22. The van der Waals surface area contributed by atoms with Gasteiger partial charge in [0.25, 0.3) is 0 Å². The summed E-state index contributed by atoms with van der Waals surface area (Å²) in [6, 6.07) is 117. The molecule has 0 amide bonds. The third-order valence-corrected chi connectivity index (χ3v) is 52.5. The molecule has 0 radical (unpaired) electrons. The highest BCUT2D eigenvalue weighted by molar-refractivity contribution is 8.17. The van der Waals surface area contributed by atoms with Crippen LogP contribution >= 0.6 is 53.7 Å². The van der Waals surface area contributed by atoms with Crippen molar-refractivity contribution in [3.8, 4) is 46.0 Å². The predicted molar refractivity (Wildman–Crippen MR) is 600 cm³/mol. The van der Waals surface area contributed by atoms with Gasteiger partial charge in [-0.1, -0.05) is 158 Å². The SMILES string of the molecule is CN1/N=C/c2ccc(cc2)OP2(=S)N=P3(c4ccccc4)Oc4ccc(cc4)/C=N/N(C)P(=S)(c4ccccc4)N(C)/N=C/c4ccc(cc4)OP(c4ccccc4)(=NP(=S)(Oc4ccc(cc4)/C=N/N(C)P1(=S)c1ccccc1)Oc1ccc(cc1)/C=N/N(C)P(=S)(c1ccccc1)N(C)/N=C/c1ccc(cc1)O2)Oc1ccc(cc1)/C=N/N(C)P(=S)(c1ccccc1)N(C)/N=C/c1ccc(cc1)O3. The lowest BCUT2D eigenvalue weighted by atomic mass is 10.2. The van der Waals surface area contributed by atoms with Gasteiger partial charge >= 0.3 is 28.3 Å². The topological polar surface area (TPSA) is 223 Å². The average Bonchev–Trinajstić information content (AvgIpc) is 0.761. The van der Waals surface area contributed by atoms with Crippen molar-refractivity contribution in [3.63, 3.8) is 0 Å². The minimum atomic E-state index is -4.24. The third-order valence-electron chi connectivity index (χ3n) is 22.0. The van der Waals surface area contributed by atoms with Crippen LogP contribution in [0.3, 0.4) is 0 Å². The Kier molecular flexibility index (Phi) is 31.0. The van der Waals surface area contributed by atoms with Crippen molar-refractivity contribution < 1.29 is 36.2 Å². The summed E-state index contributed by atoms with van der Waals surface area (Å²) in [6.45, 7) is -8.49. The zero-order valence-electron chi connectivity index (χ0n) is 76.8. The summed E-state index contributed by atoms with van der Waals surface area (Å²) >= 11 is 41.1. The molecule has 0 spiro atoms. The standard InChI is InChI=1S/C100H94N18O8P8S6/c1-111-101-71-79-39-55-87(56-40-79)119-127(95-27-15-9-16-28-95)109-133(139)123-91-63-47-83(48-64-91)75-105-115(5)131(137,99-35-23-13-24-36-99)117(7)107-77-85-51-67-93(68-52-85)125-134(140,126-94-69-53-86(54-70-94)78-108-118(8)132(138,100-37-25-14-26-38-100)116(6)106-76-84-49-65-92(124-133)66-50-84)110-128(96-29-17-10-18-30-96,120-88-57-41-80(42-58-88)72-102-112(2)129(111,135)97-31-19-11-20-32-97)122-90-61-45-82(46-62-90)74-104-114(4)130(136,98-33-21-12-22-34-98)113(3)103-73-81-43-59-89(121-127)60-44-81/h9-78H,1-8H3/b101-71+,102-72+,103-73+,104-74+,105-75+,106-76+,107-77+,108-78+. The maximum Gasteiger partial charge on any atom is 0.418 e. The first kappa shape index (κ1) is 99.2. The summed E-state index contributed by atoms with van der Waals surface area (Å²) in [4.78, 5) is 0. The third kappa shape index (κ3) is 22.9. The number of hydrogen-bond donors (Lipinski definition) is 0. The van der Waals surface area contributed by atoms with Crippen molar-refractivity contribution in [2.75, 3.05) is 56.4 Å². The van der Waals surface area contributed by atoms with Crippen molar-refractivity contribution >= 4 is 206 Å². The van der Waals surface area contributed by atoms with Gasteiger partial charge in [-0.2, -0.15) is 40.8 Å². The molecule has 0 saturated heterocycles. The smallest absolute Gasteiger partial charge is 0.418 e. The number of benzene rings is 14. The molecule has 15 aliphatic rings. The van der Waals surface area contributed by atoms with Crippen LogP contribution in [0, 0.1) is 0 Å². The van der Waals surface area contributed by atoms with E-state index in [0.29, 0.717) is 101 Å². The fraction of sp³-hybridized carbons (Fsp3) is 0.0800. The molecule has 29 rings (SSSR count). The van der Waals surface area contributed by atoms with Crippen LogP contribution in [0.2, 0.25) is 0 Å². The Labute approximate surface area is 846 Å². The first-order valence-corrected chi connectivity index (χ1v) is 62.7. The van der Waals surface area contributed by atoms with Crippen LogP contribution in [0.1, 0.15) is 44.5 Å². The van der Waals surface area contributed by atoms with Crippen molar-refractivity contribution in [3.05, 3.63) is 421 Å². The zero-order valence-corrected chi connectivity index (χ0v) is 88.8. The van der Waals surface area contributed by atoms with Gasteiger partial charge in [0.2, 0.25) is 0 Å². The van der Waals surface area contributed by atoms with Crippen LogP contribution in [0.15, 0.2) is 426 Å². The van der Waals surface area contributed by atoms with E-state index < -0.39 is 53.7 Å². The number of hydrazone groups is 8. The van der Waals surface area contributed by atoms with E-state index in [1.54, 1.807) is 136 Å². The van der Waals surface area contributed by atoms with Gasteiger partial charge in [-0.05, 0) is 310 Å². The lowest BCUT2D eigenvalue weighted by Gasteiger charge is -2.35. The normalized spacial score (nSPS) is 24.5. The summed E-state index contributed by atoms with van der Waals surface area (Å²) in [5.74, 6) is 2.55. The Morgan fingerprint density at radius 3 is 0.436 bits per heavy atom. The second-order valence-corrected chi connectivity index (χ2v) is 59.3. The quantitative estimate of drug-likeness (QED) is 0.141. The molecule has 0 aromatic heterocycles. The van der Waals surface area contributed by atoms with Crippen LogP contribution in [0.25, 0.3) is 0 Å². The van der Waals surface area contributed by atoms with Gasteiger partial charge in [0.05, 0.1) is 60.3 Å². The maximum atomic E-state index is 7.52. The van der Waals surface area contributed by atoms with E-state index in [1.807, 2.05) is 384 Å². The molecule has 40 heteroatoms. The minimum Gasteiger partial charge on any atom is -0.427 e. The monoisotopic (exact) mass is 2110 g/mol. The maximum absolute atomic E-state index is 7.52. The van der Waals surface area contributed by atoms with Crippen molar-refractivity contribution in [2.24, 2.45) is 49.8 Å². The first-order chi connectivity index (χ1) is 67.7. The Morgan fingerprint density at radius 1 is 0.164 bits per heavy atom. The van der Waals surface area contributed by atoms with Crippen LogP contribution in [0.4, 0.5) is 0 Å². The van der Waals surface area contributed by atoms with E-state index in [0.717, 1.165) is 21.2 Å². The molecule has 14 aromatic carbocycles. The van der Waals surface area contributed by atoms with Crippen molar-refractivity contribution in [2.45, 2.75) is 0 Å². The highest BCUT2D eigenvalue weighted by Crippen LogP contribution is 2.66. The molecule has 0 fully saturated rings. The Balaban J connectivity index is 0.919. The highest BCUT2D eigenvalue weighted by atomic mass is 32.5. The van der Waals surface area contributed by atoms with E-state index in [4.69, 9.17) is 157 Å². The van der Waals surface area contributed by atoms with Gasteiger partial charge in [-0.3, -0.25) is 0 Å². The molecule has 26 nitrogen and oxygen atoms in total. The van der Waals surface area contributed by atoms with Gasteiger partial charge in [-0.25, -0.2) is 38.2 Å². The molecule has 0 atom stereocenters. The lowest BCUT2D eigenvalue weighted by molar-refractivity contribution is 0.471. The molecule has 0 saturated carbocycles. The Morgan fingerprint density at radius 2 is 0.293 bits per heavy atom. The van der Waals surface area contributed by atoms with E-state index >= 15 is 0 Å². The minimum absolute atomic E-state index is 0.296. The predicted octanol–water partition coefficient (Wildman–Crippen LogP) is 22.5. The number of nitrogens with zero attached hydrogens (tertiary/aromatic N) is 18. The lowest BCUT2D eigenvalue weighted by Crippen LogP contribution is -2.27. The summed E-state index contributed by atoms with van der Waals surface area (Å²) < 4.78 is 84.5. The van der Waals surface area contributed by atoms with Crippen LogP contribution in [0.5, 0.6) is 46.0 Å². The second-order valence-electron chi connectivity index (χ2n) is 31.5. The van der Waals surface area contributed by atoms with Gasteiger partial charge < -0.3 is 36.2 Å². The van der Waals surface area contributed by atoms with E-state index in [1.165, 1.54) is 0 Å². The van der Waals surface area contributed by atoms with Gasteiger partial charge in [0.15, 0.2) is 25.4 Å². The average molecular weight is 2120 g/mol. The molecule has 15 aliphatic heterocycles. The molecule has 15 heterocycles. The van der Waals surface area contributed by atoms with Crippen LogP contribution in [-0.2, 0) is 70.8 Å². The molecule has 14 aromatic rings. The molecule has 140 heavy (non-hydrogen) atoms. The number of rotatable bonds is 6. The van der Waals surface area contributed by atoms with Gasteiger partial charge in [0, 0.05) is 101 Å². The fourth-order valence-corrected chi connectivity index (χ4v) is 36.8. The van der Waals surface area contributed by atoms with Gasteiger partial charge in [-0.15, -0.1) is 9.03 Å². The summed E-state index contributed by atoms with van der Waals surface area (Å²) in [5, 5.41) is 45.1. The summed E-state index contributed by atoms with van der Waals surface area (Å²) in [6.07, 6.45) is 1.53. The fourth-order valence-electron chi connectivity index (χ4n) is 14.4. The van der Waals surface area contributed by atoms with Crippen molar-refractivity contribution in [1.82, 2.24) is 38.2 Å². The Bertz CT molecular complexity index is 6710. The second kappa shape index (κ2) is 43.8. The first-order valence-electron chi connectivity index (χ1n) is 43.5. The van der Waals surface area contributed by atoms with E-state index in [2.05, 4.69) is 0 Å². The van der Waals surface area contributed by atoms with Crippen LogP contribution in [-0.4, -0.2) is 144 Å². The zero-order chi connectivity index (χ0) is 97.5. The molecule has 0 unspecified atom stereocenters. The molecule has 0 N–H and O–H groups in total.